The van der Waals surface area contributed by atoms with Gasteiger partial charge in [0.1, 0.15) is 11.5 Å². The van der Waals surface area contributed by atoms with Gasteiger partial charge in [-0.15, -0.1) is 0 Å². The first-order valence-electron chi connectivity index (χ1n) is 6.82. The smallest absolute Gasteiger partial charge is 0.105 e. The van der Waals surface area contributed by atoms with Crippen LogP contribution in [-0.4, -0.2) is 6.04 Å². The van der Waals surface area contributed by atoms with Crippen LogP contribution in [0, 0.1) is 25.7 Å². The van der Waals surface area contributed by atoms with Crippen molar-refractivity contribution in [3.8, 4) is 0 Å². The molecule has 0 amide bonds. The predicted molar refractivity (Wildman–Crippen MR) is 71.1 cm³/mol. The summed E-state index contributed by atoms with van der Waals surface area (Å²) in [6.07, 6.45) is 2.66. The minimum Gasteiger partial charge on any atom is -0.466 e. The quantitative estimate of drug-likeness (QED) is 0.857. The number of furan rings is 1. The summed E-state index contributed by atoms with van der Waals surface area (Å²) in [7, 11) is 0. The molecule has 1 aliphatic rings. The Hall–Kier alpha value is -0.760. The zero-order valence-electron chi connectivity index (χ0n) is 11.7. The molecule has 0 saturated heterocycles. The van der Waals surface area contributed by atoms with Gasteiger partial charge in [-0.3, -0.25) is 0 Å². The van der Waals surface area contributed by atoms with E-state index in [2.05, 4.69) is 39.1 Å². The Labute approximate surface area is 105 Å². The van der Waals surface area contributed by atoms with Crippen molar-refractivity contribution in [1.82, 2.24) is 5.32 Å². The lowest BCUT2D eigenvalue weighted by atomic mass is 9.96. The van der Waals surface area contributed by atoms with Crippen LogP contribution in [0.2, 0.25) is 0 Å². The Bertz CT molecular complexity index is 382. The van der Waals surface area contributed by atoms with Crippen molar-refractivity contribution in [1.29, 1.82) is 0 Å². The van der Waals surface area contributed by atoms with E-state index in [1.165, 1.54) is 18.4 Å². The fourth-order valence-electron chi connectivity index (χ4n) is 3.09. The average Bonchev–Trinajstić information content (AvgIpc) is 2.75. The molecular formula is C15H25NO. The molecule has 2 nitrogen and oxygen atoms in total. The third-order valence-electron chi connectivity index (χ3n) is 4.48. The van der Waals surface area contributed by atoms with Gasteiger partial charge >= 0.3 is 0 Å². The summed E-state index contributed by atoms with van der Waals surface area (Å²) < 4.78 is 5.61. The SMILES string of the molecule is Cc1cc(C(C)NC2CCC(C)C2C)c(C)o1. The highest BCUT2D eigenvalue weighted by molar-refractivity contribution is 5.23. The average molecular weight is 235 g/mol. The molecule has 4 atom stereocenters. The zero-order chi connectivity index (χ0) is 12.6. The van der Waals surface area contributed by atoms with Gasteiger partial charge in [-0.2, -0.15) is 0 Å². The largest absolute Gasteiger partial charge is 0.466 e. The molecule has 1 fully saturated rings. The van der Waals surface area contributed by atoms with Crippen molar-refractivity contribution in [3.63, 3.8) is 0 Å². The first-order valence-corrected chi connectivity index (χ1v) is 6.82. The van der Waals surface area contributed by atoms with E-state index in [0.29, 0.717) is 12.1 Å². The third-order valence-corrected chi connectivity index (χ3v) is 4.48. The highest BCUT2D eigenvalue weighted by atomic mass is 16.3. The van der Waals surface area contributed by atoms with Crippen molar-refractivity contribution >= 4 is 0 Å². The molecule has 17 heavy (non-hydrogen) atoms. The zero-order valence-corrected chi connectivity index (χ0v) is 11.7. The van der Waals surface area contributed by atoms with Gasteiger partial charge in [-0.1, -0.05) is 13.8 Å². The molecular weight excluding hydrogens is 210 g/mol. The van der Waals surface area contributed by atoms with E-state index in [1.54, 1.807) is 0 Å². The van der Waals surface area contributed by atoms with Crippen LogP contribution < -0.4 is 5.32 Å². The van der Waals surface area contributed by atoms with E-state index in [4.69, 9.17) is 4.42 Å². The fourth-order valence-corrected chi connectivity index (χ4v) is 3.09. The van der Waals surface area contributed by atoms with Crippen molar-refractivity contribution < 1.29 is 4.42 Å². The summed E-state index contributed by atoms with van der Waals surface area (Å²) in [5, 5.41) is 3.77. The van der Waals surface area contributed by atoms with Gasteiger partial charge < -0.3 is 9.73 Å². The highest BCUT2D eigenvalue weighted by Crippen LogP contribution is 2.33. The minimum atomic E-state index is 0.394. The van der Waals surface area contributed by atoms with E-state index in [1.807, 2.05) is 6.92 Å². The van der Waals surface area contributed by atoms with Crippen LogP contribution in [0.1, 0.15) is 56.7 Å². The van der Waals surface area contributed by atoms with Crippen LogP contribution in [0.15, 0.2) is 10.5 Å². The Morgan fingerprint density at radius 1 is 1.29 bits per heavy atom. The van der Waals surface area contributed by atoms with E-state index in [9.17, 15) is 0 Å². The molecule has 1 saturated carbocycles. The maximum absolute atomic E-state index is 5.61. The molecule has 0 aliphatic heterocycles. The van der Waals surface area contributed by atoms with Gasteiger partial charge in [-0.05, 0) is 51.5 Å². The van der Waals surface area contributed by atoms with Crippen LogP contribution in [-0.2, 0) is 0 Å². The summed E-state index contributed by atoms with van der Waals surface area (Å²) in [4.78, 5) is 0. The topological polar surface area (TPSA) is 25.2 Å². The lowest BCUT2D eigenvalue weighted by Crippen LogP contribution is -2.34. The van der Waals surface area contributed by atoms with Crippen LogP contribution in [0.25, 0.3) is 0 Å². The molecule has 1 aromatic heterocycles. The Morgan fingerprint density at radius 3 is 2.47 bits per heavy atom. The van der Waals surface area contributed by atoms with Gasteiger partial charge in [0.05, 0.1) is 0 Å². The van der Waals surface area contributed by atoms with Gasteiger partial charge in [0, 0.05) is 17.6 Å². The summed E-state index contributed by atoms with van der Waals surface area (Å²) in [6.45, 7) is 11.1. The van der Waals surface area contributed by atoms with Gasteiger partial charge in [0.25, 0.3) is 0 Å². The molecule has 2 heteroatoms. The third kappa shape index (κ3) is 2.57. The van der Waals surface area contributed by atoms with Crippen molar-refractivity contribution in [2.24, 2.45) is 11.8 Å². The molecule has 1 aliphatic carbocycles. The Kier molecular flexibility index (Phi) is 3.62. The molecule has 1 N–H and O–H groups in total. The summed E-state index contributed by atoms with van der Waals surface area (Å²) in [5.74, 6) is 3.71. The number of hydrogen-bond donors (Lipinski definition) is 1. The summed E-state index contributed by atoms with van der Waals surface area (Å²) >= 11 is 0. The number of nitrogens with one attached hydrogen (secondary N) is 1. The molecule has 0 radical (unpaired) electrons. The number of hydrogen-bond acceptors (Lipinski definition) is 2. The molecule has 0 aromatic carbocycles. The molecule has 96 valence electrons. The molecule has 0 spiro atoms. The lowest BCUT2D eigenvalue weighted by Gasteiger charge is -2.24. The first-order chi connectivity index (χ1) is 7.99. The molecule has 1 aromatic rings. The molecule has 1 heterocycles. The Balaban J connectivity index is 2.02. The predicted octanol–water partition coefficient (Wildman–Crippen LogP) is 3.98. The highest BCUT2D eigenvalue weighted by Gasteiger charge is 2.30. The van der Waals surface area contributed by atoms with Crippen LogP contribution >= 0.6 is 0 Å². The first kappa shape index (κ1) is 12.7. The van der Waals surface area contributed by atoms with E-state index in [0.717, 1.165) is 23.4 Å². The van der Waals surface area contributed by atoms with Gasteiger partial charge in [0.15, 0.2) is 0 Å². The van der Waals surface area contributed by atoms with E-state index < -0.39 is 0 Å². The summed E-state index contributed by atoms with van der Waals surface area (Å²) in [6, 6.07) is 3.22. The minimum absolute atomic E-state index is 0.394. The fraction of sp³-hybridized carbons (Fsp3) is 0.733. The van der Waals surface area contributed by atoms with Crippen molar-refractivity contribution in [2.75, 3.05) is 0 Å². The van der Waals surface area contributed by atoms with E-state index in [-0.39, 0.29) is 0 Å². The number of rotatable bonds is 3. The molecule has 2 rings (SSSR count). The second-order valence-corrected chi connectivity index (χ2v) is 5.78. The molecule has 0 bridgehead atoms. The Morgan fingerprint density at radius 2 is 2.00 bits per heavy atom. The van der Waals surface area contributed by atoms with E-state index >= 15 is 0 Å². The van der Waals surface area contributed by atoms with Crippen LogP contribution in [0.3, 0.4) is 0 Å². The second-order valence-electron chi connectivity index (χ2n) is 5.78. The lowest BCUT2D eigenvalue weighted by molar-refractivity contribution is 0.345. The standard InChI is InChI=1S/C15H25NO/c1-9-6-7-15(11(9)3)16-12(4)14-8-10(2)17-13(14)5/h8-9,11-12,15-16H,6-7H2,1-5H3. The normalized spacial score (nSPS) is 30.8. The van der Waals surface area contributed by atoms with Crippen LogP contribution in [0.4, 0.5) is 0 Å². The summed E-state index contributed by atoms with van der Waals surface area (Å²) in [5.41, 5.74) is 1.31. The van der Waals surface area contributed by atoms with Gasteiger partial charge in [-0.25, -0.2) is 0 Å². The van der Waals surface area contributed by atoms with Crippen molar-refractivity contribution in [2.45, 2.75) is 59.5 Å². The maximum atomic E-state index is 5.61. The van der Waals surface area contributed by atoms with Crippen LogP contribution in [0.5, 0.6) is 0 Å². The van der Waals surface area contributed by atoms with Crippen molar-refractivity contribution in [3.05, 3.63) is 23.2 Å². The maximum Gasteiger partial charge on any atom is 0.105 e. The number of aryl methyl sites for hydroxylation is 2. The second kappa shape index (κ2) is 4.85. The van der Waals surface area contributed by atoms with Gasteiger partial charge in [0.2, 0.25) is 0 Å². The molecule has 4 unspecified atom stereocenters. The monoisotopic (exact) mass is 235 g/mol.